The SMILES string of the molecule is COc1ccc(CO)cc1S(=O)(=O)NCC(C)C. The predicted molar refractivity (Wildman–Crippen MR) is 68.9 cm³/mol. The number of aliphatic hydroxyl groups excluding tert-OH is 1. The number of hydrogen-bond donors (Lipinski definition) is 2. The van der Waals surface area contributed by atoms with E-state index in [1.807, 2.05) is 13.8 Å². The van der Waals surface area contributed by atoms with Crippen molar-refractivity contribution < 1.29 is 18.3 Å². The van der Waals surface area contributed by atoms with Gasteiger partial charge < -0.3 is 9.84 Å². The molecule has 0 atom stereocenters. The van der Waals surface area contributed by atoms with Crippen LogP contribution in [0, 0.1) is 5.92 Å². The first kappa shape index (κ1) is 14.9. The van der Waals surface area contributed by atoms with Gasteiger partial charge in [-0.2, -0.15) is 0 Å². The van der Waals surface area contributed by atoms with E-state index in [0.717, 1.165) is 0 Å². The molecule has 0 amide bonds. The summed E-state index contributed by atoms with van der Waals surface area (Å²) >= 11 is 0. The van der Waals surface area contributed by atoms with Gasteiger partial charge in [-0.1, -0.05) is 19.9 Å². The lowest BCUT2D eigenvalue weighted by molar-refractivity contribution is 0.281. The normalized spacial score (nSPS) is 11.8. The highest BCUT2D eigenvalue weighted by molar-refractivity contribution is 7.89. The highest BCUT2D eigenvalue weighted by atomic mass is 32.2. The van der Waals surface area contributed by atoms with Crippen LogP contribution in [-0.4, -0.2) is 27.2 Å². The van der Waals surface area contributed by atoms with E-state index in [1.165, 1.54) is 19.2 Å². The lowest BCUT2D eigenvalue weighted by atomic mass is 10.2. The monoisotopic (exact) mass is 273 g/mol. The lowest BCUT2D eigenvalue weighted by Gasteiger charge is -2.13. The van der Waals surface area contributed by atoms with Crippen molar-refractivity contribution in [2.45, 2.75) is 25.3 Å². The molecule has 18 heavy (non-hydrogen) atoms. The van der Waals surface area contributed by atoms with Gasteiger partial charge in [0.15, 0.2) is 0 Å². The molecule has 102 valence electrons. The summed E-state index contributed by atoms with van der Waals surface area (Å²) in [6, 6.07) is 4.58. The molecule has 0 bridgehead atoms. The Morgan fingerprint density at radius 2 is 2.06 bits per heavy atom. The third-order valence-electron chi connectivity index (χ3n) is 2.38. The first-order chi connectivity index (χ1) is 8.40. The number of aliphatic hydroxyl groups is 1. The van der Waals surface area contributed by atoms with E-state index in [4.69, 9.17) is 9.84 Å². The molecule has 1 aromatic carbocycles. The van der Waals surface area contributed by atoms with E-state index in [9.17, 15) is 8.42 Å². The van der Waals surface area contributed by atoms with Crippen LogP contribution in [0.3, 0.4) is 0 Å². The number of rotatable bonds is 6. The molecule has 6 heteroatoms. The van der Waals surface area contributed by atoms with E-state index >= 15 is 0 Å². The molecule has 2 N–H and O–H groups in total. The molecule has 1 rings (SSSR count). The summed E-state index contributed by atoms with van der Waals surface area (Å²) in [4.78, 5) is 0.0530. The van der Waals surface area contributed by atoms with Crippen molar-refractivity contribution in [1.29, 1.82) is 0 Å². The van der Waals surface area contributed by atoms with Gasteiger partial charge in [0.05, 0.1) is 13.7 Å². The maximum atomic E-state index is 12.1. The van der Waals surface area contributed by atoms with Crippen LogP contribution in [0.5, 0.6) is 5.75 Å². The van der Waals surface area contributed by atoms with Crippen LogP contribution in [-0.2, 0) is 16.6 Å². The molecule has 0 aliphatic heterocycles. The zero-order valence-electron chi connectivity index (χ0n) is 10.8. The fourth-order valence-electron chi connectivity index (χ4n) is 1.38. The Labute approximate surface area is 108 Å². The highest BCUT2D eigenvalue weighted by Gasteiger charge is 2.19. The lowest BCUT2D eigenvalue weighted by Crippen LogP contribution is -2.28. The van der Waals surface area contributed by atoms with Gasteiger partial charge in [-0.25, -0.2) is 13.1 Å². The van der Waals surface area contributed by atoms with Crippen molar-refractivity contribution in [3.8, 4) is 5.75 Å². The van der Waals surface area contributed by atoms with Gasteiger partial charge in [-0.15, -0.1) is 0 Å². The van der Waals surface area contributed by atoms with Gasteiger partial charge >= 0.3 is 0 Å². The summed E-state index contributed by atoms with van der Waals surface area (Å²) in [5.41, 5.74) is 0.528. The molecular formula is C12H19NO4S. The minimum absolute atomic E-state index is 0.0530. The van der Waals surface area contributed by atoms with Gasteiger partial charge in [-0.05, 0) is 23.6 Å². The van der Waals surface area contributed by atoms with Crippen molar-refractivity contribution in [3.63, 3.8) is 0 Å². The zero-order chi connectivity index (χ0) is 13.8. The van der Waals surface area contributed by atoms with Gasteiger partial charge in [0, 0.05) is 6.54 Å². The minimum Gasteiger partial charge on any atom is -0.495 e. The number of nitrogens with one attached hydrogen (secondary N) is 1. The third-order valence-corrected chi connectivity index (χ3v) is 3.83. The molecule has 0 radical (unpaired) electrons. The summed E-state index contributed by atoms with van der Waals surface area (Å²) in [6.07, 6.45) is 0. The minimum atomic E-state index is -3.62. The van der Waals surface area contributed by atoms with E-state index in [2.05, 4.69) is 4.72 Å². The number of benzene rings is 1. The summed E-state index contributed by atoms with van der Waals surface area (Å²) < 4.78 is 31.8. The van der Waals surface area contributed by atoms with Crippen LogP contribution < -0.4 is 9.46 Å². The van der Waals surface area contributed by atoms with Crippen LogP contribution in [0.15, 0.2) is 23.1 Å². The first-order valence-electron chi connectivity index (χ1n) is 5.68. The maximum absolute atomic E-state index is 12.1. The van der Waals surface area contributed by atoms with Crippen LogP contribution >= 0.6 is 0 Å². The molecule has 0 unspecified atom stereocenters. The Morgan fingerprint density at radius 3 is 2.56 bits per heavy atom. The van der Waals surface area contributed by atoms with Crippen LogP contribution in [0.1, 0.15) is 19.4 Å². The second kappa shape index (κ2) is 6.17. The second-order valence-corrected chi connectivity index (χ2v) is 6.12. The zero-order valence-corrected chi connectivity index (χ0v) is 11.6. The maximum Gasteiger partial charge on any atom is 0.244 e. The average molecular weight is 273 g/mol. The Hall–Kier alpha value is -1.11. The molecule has 0 spiro atoms. The Morgan fingerprint density at radius 1 is 1.39 bits per heavy atom. The summed E-state index contributed by atoms with van der Waals surface area (Å²) in [7, 11) is -2.20. The molecule has 0 aromatic heterocycles. The quantitative estimate of drug-likeness (QED) is 0.814. The molecule has 0 aliphatic carbocycles. The summed E-state index contributed by atoms with van der Waals surface area (Å²) in [5.74, 6) is 0.482. The average Bonchev–Trinajstić information content (AvgIpc) is 2.35. The molecule has 0 heterocycles. The van der Waals surface area contributed by atoms with Crippen molar-refractivity contribution in [2.24, 2.45) is 5.92 Å². The number of hydrogen-bond acceptors (Lipinski definition) is 4. The molecule has 5 nitrogen and oxygen atoms in total. The number of methoxy groups -OCH3 is 1. The van der Waals surface area contributed by atoms with Gasteiger partial charge in [-0.3, -0.25) is 0 Å². The first-order valence-corrected chi connectivity index (χ1v) is 7.16. The number of ether oxygens (including phenoxy) is 1. The van der Waals surface area contributed by atoms with Crippen molar-refractivity contribution >= 4 is 10.0 Å². The van der Waals surface area contributed by atoms with E-state index < -0.39 is 10.0 Å². The molecule has 0 fully saturated rings. The van der Waals surface area contributed by atoms with Crippen molar-refractivity contribution in [1.82, 2.24) is 4.72 Å². The molecule has 1 aromatic rings. The molecule has 0 saturated heterocycles. The van der Waals surface area contributed by atoms with Gasteiger partial charge in [0.1, 0.15) is 10.6 Å². The molecular weight excluding hydrogens is 254 g/mol. The van der Waals surface area contributed by atoms with Gasteiger partial charge in [0.25, 0.3) is 0 Å². The smallest absolute Gasteiger partial charge is 0.244 e. The predicted octanol–water partition coefficient (Wildman–Crippen LogP) is 1.12. The summed E-state index contributed by atoms with van der Waals surface area (Å²) in [5, 5.41) is 9.05. The van der Waals surface area contributed by atoms with Crippen molar-refractivity contribution in [3.05, 3.63) is 23.8 Å². The van der Waals surface area contributed by atoms with E-state index in [1.54, 1.807) is 6.07 Å². The Kier molecular flexibility index (Phi) is 5.13. The Bertz CT molecular complexity index is 497. The molecule has 0 aliphatic rings. The summed E-state index contributed by atoms with van der Waals surface area (Å²) in [6.45, 7) is 3.99. The fraction of sp³-hybridized carbons (Fsp3) is 0.500. The largest absolute Gasteiger partial charge is 0.495 e. The number of sulfonamides is 1. The molecule has 0 saturated carbocycles. The van der Waals surface area contributed by atoms with Crippen LogP contribution in [0.2, 0.25) is 0 Å². The Balaban J connectivity index is 3.12. The van der Waals surface area contributed by atoms with E-state index in [0.29, 0.717) is 12.1 Å². The highest BCUT2D eigenvalue weighted by Crippen LogP contribution is 2.24. The standard InChI is InChI=1S/C12H19NO4S/c1-9(2)7-13-18(15,16)12-6-10(8-14)4-5-11(12)17-3/h4-6,9,13-14H,7-8H2,1-3H3. The van der Waals surface area contributed by atoms with Crippen molar-refractivity contribution in [2.75, 3.05) is 13.7 Å². The fourth-order valence-corrected chi connectivity index (χ4v) is 2.81. The van der Waals surface area contributed by atoms with Gasteiger partial charge in [0.2, 0.25) is 10.0 Å². The third kappa shape index (κ3) is 3.69. The second-order valence-electron chi connectivity index (χ2n) is 4.39. The van der Waals surface area contributed by atoms with E-state index in [-0.39, 0.29) is 23.2 Å². The van der Waals surface area contributed by atoms with Crippen LogP contribution in [0.4, 0.5) is 0 Å². The van der Waals surface area contributed by atoms with Crippen LogP contribution in [0.25, 0.3) is 0 Å². The topological polar surface area (TPSA) is 75.6 Å².